The number of fused-ring (bicyclic) bond motifs is 6. The number of phenols is 1. The number of aromatic nitrogens is 1. The van der Waals surface area contributed by atoms with Gasteiger partial charge in [0.2, 0.25) is 5.78 Å². The van der Waals surface area contributed by atoms with Gasteiger partial charge in [0.25, 0.3) is 5.79 Å². The molecule has 1 aromatic heterocycles. The molecule has 12 atom stereocenters. The number of aliphatic hydroxyl groups is 5. The number of nitrogens with one attached hydrogen (secondary N) is 1. The number of ether oxygens (including phenoxy) is 2. The molecule has 5 fully saturated rings. The molecule has 12 nitrogen and oxygen atoms in total. The zero-order valence-corrected chi connectivity index (χ0v) is 34.2. The van der Waals surface area contributed by atoms with Crippen LogP contribution < -0.4 is 10.1 Å². The van der Waals surface area contributed by atoms with Gasteiger partial charge in [-0.1, -0.05) is 18.4 Å². The van der Waals surface area contributed by atoms with Crippen LogP contribution in [-0.4, -0.2) is 95.6 Å². The van der Waals surface area contributed by atoms with E-state index in [0.29, 0.717) is 47.0 Å². The van der Waals surface area contributed by atoms with Gasteiger partial charge in [-0.2, -0.15) is 0 Å². The quantitative estimate of drug-likeness (QED) is 0.121. The summed E-state index contributed by atoms with van der Waals surface area (Å²) in [7, 11) is 0. The molecule has 7 aliphatic carbocycles. The van der Waals surface area contributed by atoms with Gasteiger partial charge in [-0.15, -0.1) is 0 Å². The number of pyridine rings is 1. The summed E-state index contributed by atoms with van der Waals surface area (Å²) in [6.07, 6.45) is 6.90. The Morgan fingerprint density at radius 2 is 1.61 bits per heavy atom. The highest BCUT2D eigenvalue weighted by Gasteiger charge is 2.78. The van der Waals surface area contributed by atoms with Crippen molar-refractivity contribution in [1.82, 2.24) is 4.98 Å². The summed E-state index contributed by atoms with van der Waals surface area (Å²) >= 11 is 0. The van der Waals surface area contributed by atoms with E-state index in [1.165, 1.54) is 6.07 Å². The van der Waals surface area contributed by atoms with Crippen LogP contribution in [0.25, 0.3) is 10.8 Å². The number of hydrogen-bond acceptors (Lipinski definition) is 12. The van der Waals surface area contributed by atoms with Gasteiger partial charge in [-0.3, -0.25) is 9.59 Å². The van der Waals surface area contributed by atoms with Gasteiger partial charge in [0.05, 0.1) is 23.3 Å². The van der Waals surface area contributed by atoms with Gasteiger partial charge in [0, 0.05) is 40.1 Å². The average Bonchev–Trinajstić information content (AvgIpc) is 3.95. The zero-order chi connectivity index (χ0) is 41.7. The number of benzene rings is 2. The fraction of sp³-hybridized carbons (Fsp3) is 0.571. The molecular formula is C49H52N2O10. The van der Waals surface area contributed by atoms with Crippen LogP contribution in [0.1, 0.15) is 121 Å². The number of ketones is 2. The SMILES string of the molecule is Cc1cc(O)c2c(c1)C(=O)c1c(c3cc4c(nccc14)NCC(O)C14C5=C6C7=CC8(O3)OC6(C(O)C(O)C8O)C(O)C3(CCC6(CCCC6)C3)C5CCC1CCC4CC7)C2=O. The summed E-state index contributed by atoms with van der Waals surface area (Å²) in [5.41, 5.74) is -0.710. The van der Waals surface area contributed by atoms with E-state index in [4.69, 9.17) is 14.5 Å². The molecular weight excluding hydrogens is 777 g/mol. The van der Waals surface area contributed by atoms with Gasteiger partial charge in [0.15, 0.2) is 17.5 Å². The molecule has 14 rings (SSSR count). The Labute approximate surface area is 352 Å². The Morgan fingerprint density at radius 3 is 2.41 bits per heavy atom. The van der Waals surface area contributed by atoms with Crippen molar-refractivity contribution in [2.45, 2.75) is 132 Å². The van der Waals surface area contributed by atoms with E-state index in [2.05, 4.69) is 5.32 Å². The van der Waals surface area contributed by atoms with Crippen molar-refractivity contribution in [3.05, 3.63) is 81.1 Å². The maximum absolute atomic E-state index is 14.9. The predicted molar refractivity (Wildman–Crippen MR) is 220 cm³/mol. The van der Waals surface area contributed by atoms with Crippen LogP contribution in [0.15, 0.2) is 53.3 Å². The molecule has 0 radical (unpaired) electrons. The summed E-state index contributed by atoms with van der Waals surface area (Å²) in [4.78, 5) is 34.4. The molecule has 5 spiro atoms. The molecule has 61 heavy (non-hydrogen) atoms. The van der Waals surface area contributed by atoms with Crippen molar-refractivity contribution in [2.24, 2.45) is 34.0 Å². The van der Waals surface area contributed by atoms with E-state index in [9.17, 15) is 40.2 Å². The Balaban J connectivity index is 1.13. The fourth-order valence-electron chi connectivity index (χ4n) is 16.3. The van der Waals surface area contributed by atoms with Crippen molar-refractivity contribution < 1.29 is 49.7 Å². The molecule has 318 valence electrons. The summed E-state index contributed by atoms with van der Waals surface area (Å²) < 4.78 is 14.3. The van der Waals surface area contributed by atoms with Crippen molar-refractivity contribution in [3.8, 4) is 11.5 Å². The second-order valence-electron chi connectivity index (χ2n) is 20.8. The first-order valence-electron chi connectivity index (χ1n) is 22.7. The fourth-order valence-corrected chi connectivity index (χ4v) is 16.3. The van der Waals surface area contributed by atoms with Crippen LogP contribution in [-0.2, 0) is 4.74 Å². The number of aliphatic hydroxyl groups excluding tert-OH is 5. The number of anilines is 1. The molecule has 12 unspecified atom stereocenters. The molecule has 7 N–H and O–H groups in total. The lowest BCUT2D eigenvalue weighted by Gasteiger charge is -2.67. The highest BCUT2D eigenvalue weighted by Crippen LogP contribution is 2.77. The number of aryl methyl sites for hydroxylation is 1. The lowest BCUT2D eigenvalue weighted by molar-refractivity contribution is -0.371. The molecule has 3 aromatic rings. The number of hydrogen-bond donors (Lipinski definition) is 7. The Bertz CT molecular complexity index is 2610. The molecule has 1 saturated heterocycles. The summed E-state index contributed by atoms with van der Waals surface area (Å²) in [5, 5.41) is 79.9. The third kappa shape index (κ3) is 4.22. The first kappa shape index (κ1) is 37.4. The van der Waals surface area contributed by atoms with Crippen LogP contribution in [0.3, 0.4) is 0 Å². The van der Waals surface area contributed by atoms with Crippen LogP contribution >= 0.6 is 0 Å². The third-order valence-corrected chi connectivity index (χ3v) is 18.4. The Hall–Kier alpha value is -4.17. The Kier molecular flexibility index (Phi) is 7.29. The normalized spacial score (nSPS) is 42.1. The van der Waals surface area contributed by atoms with E-state index < -0.39 is 64.3 Å². The maximum Gasteiger partial charge on any atom is 0.260 e. The van der Waals surface area contributed by atoms with Crippen LogP contribution in [0, 0.1) is 40.9 Å². The monoisotopic (exact) mass is 828 g/mol. The van der Waals surface area contributed by atoms with Crippen LogP contribution in [0.4, 0.5) is 5.82 Å². The van der Waals surface area contributed by atoms with E-state index in [0.717, 1.165) is 75.4 Å². The molecule has 8 bridgehead atoms. The summed E-state index contributed by atoms with van der Waals surface area (Å²) in [6, 6.07) is 6.23. The second kappa shape index (κ2) is 11.9. The van der Waals surface area contributed by atoms with E-state index in [1.54, 1.807) is 37.4 Å². The van der Waals surface area contributed by atoms with Gasteiger partial charge in [-0.05, 0) is 153 Å². The molecule has 11 aliphatic rings. The first-order chi connectivity index (χ1) is 29.3. The number of carbonyl (C=O) groups excluding carboxylic acids is 2. The Morgan fingerprint density at radius 1 is 0.836 bits per heavy atom. The largest absolute Gasteiger partial charge is 0.507 e. The van der Waals surface area contributed by atoms with E-state index in [1.807, 2.05) is 0 Å². The number of aromatic hydroxyl groups is 1. The maximum atomic E-state index is 14.9. The van der Waals surface area contributed by atoms with Crippen LogP contribution in [0.5, 0.6) is 11.5 Å². The lowest BCUT2D eigenvalue weighted by atomic mass is 9.43. The molecule has 5 heterocycles. The second-order valence-corrected chi connectivity index (χ2v) is 20.8. The van der Waals surface area contributed by atoms with Gasteiger partial charge in [0.1, 0.15) is 29.5 Å². The minimum absolute atomic E-state index is 0.0198. The smallest absolute Gasteiger partial charge is 0.260 e. The van der Waals surface area contributed by atoms with Crippen molar-refractivity contribution in [1.29, 1.82) is 0 Å². The molecule has 2 aromatic carbocycles. The zero-order valence-electron chi connectivity index (χ0n) is 34.2. The molecule has 12 heteroatoms. The van der Waals surface area contributed by atoms with Crippen molar-refractivity contribution in [3.63, 3.8) is 0 Å². The third-order valence-electron chi connectivity index (χ3n) is 18.4. The average molecular weight is 829 g/mol. The number of nitrogens with zero attached hydrogens (tertiary/aromatic N) is 1. The summed E-state index contributed by atoms with van der Waals surface area (Å²) in [5.74, 6) is -3.54. The molecule has 4 aliphatic heterocycles. The van der Waals surface area contributed by atoms with E-state index in [-0.39, 0.29) is 63.5 Å². The van der Waals surface area contributed by atoms with Gasteiger partial charge in [-0.25, -0.2) is 4.98 Å². The topological polar surface area (TPSA) is 199 Å². The number of rotatable bonds is 0. The molecule has 0 amide bonds. The highest BCUT2D eigenvalue weighted by atomic mass is 16.7. The minimum atomic E-state index is -2.27. The van der Waals surface area contributed by atoms with Crippen molar-refractivity contribution in [2.75, 3.05) is 11.9 Å². The van der Waals surface area contributed by atoms with Gasteiger partial charge < -0.3 is 45.4 Å². The summed E-state index contributed by atoms with van der Waals surface area (Å²) in [6.45, 7) is 1.84. The lowest BCUT2D eigenvalue weighted by Crippen LogP contribution is -2.80. The number of carbonyl (C=O) groups is 2. The highest BCUT2D eigenvalue weighted by molar-refractivity contribution is 6.34. The first-order valence-corrected chi connectivity index (χ1v) is 22.7. The van der Waals surface area contributed by atoms with Crippen LogP contribution in [0.2, 0.25) is 0 Å². The van der Waals surface area contributed by atoms with Crippen molar-refractivity contribution >= 4 is 28.2 Å². The predicted octanol–water partition coefficient (Wildman–Crippen LogP) is 5.30. The minimum Gasteiger partial charge on any atom is -0.507 e. The number of phenolic OH excluding ortho intramolecular Hbond substituents is 1. The van der Waals surface area contributed by atoms with Gasteiger partial charge >= 0.3 is 0 Å². The molecule has 4 saturated carbocycles. The standard InChI is InChI=1S/C49H52N2O10/c1-22-16-28-33(30(52)17-22)39(55)35-31-18-27-26(34(35)38(28)54)10-15-50-43(27)51-20-32(53)48-24-5-4-23-19-47(60-31)41(57)40(56)42(58)49(61-47)36(23)37(48)29(9-8-25(48)7-6-24)46(44(49)59)14-13-45(21-46)11-2-3-12-45/h10,15-19,24-25,29,32,40-42,44,52-53,56-59H,2-9,11-14,20-21H2,1H3,(H,50,51). The van der Waals surface area contributed by atoms with E-state index >= 15 is 0 Å².